The van der Waals surface area contributed by atoms with E-state index in [1.165, 1.54) is 111 Å². The fourth-order valence-corrected chi connectivity index (χ4v) is 11.8. The molecule has 0 bridgehead atoms. The molecule has 2 aliphatic rings. The minimum Gasteiger partial charge on any atom is -0.309 e. The molecule has 2 heterocycles. The lowest BCUT2D eigenvalue weighted by Gasteiger charge is -2.44. The Morgan fingerprint density at radius 3 is 1.44 bits per heavy atom. The summed E-state index contributed by atoms with van der Waals surface area (Å²) in [4.78, 5) is 0. The summed E-state index contributed by atoms with van der Waals surface area (Å²) in [6, 6.07) is 64.2. The van der Waals surface area contributed by atoms with Crippen LogP contribution in [-0.4, -0.2) is 9.13 Å². The quantitative estimate of drug-likeness (QED) is 0.168. The maximum Gasteiger partial charge on any atom is 0.0544 e. The van der Waals surface area contributed by atoms with E-state index in [-0.39, 0.29) is 21.7 Å². The van der Waals surface area contributed by atoms with Crippen LogP contribution < -0.4 is 0 Å². The highest BCUT2D eigenvalue weighted by Crippen LogP contribution is 2.63. The van der Waals surface area contributed by atoms with E-state index >= 15 is 0 Å². The second kappa shape index (κ2) is 12.5. The maximum absolute atomic E-state index is 2.56. The van der Waals surface area contributed by atoms with Crippen LogP contribution in [0.5, 0.6) is 0 Å². The number of fused-ring (bicyclic) bond motifs is 10. The highest BCUT2D eigenvalue weighted by Gasteiger charge is 2.57. The lowest BCUT2D eigenvalue weighted by molar-refractivity contribution is 0.125. The normalized spacial score (nSPS) is 16.6. The first-order valence-corrected chi connectivity index (χ1v) is 22.4. The van der Waals surface area contributed by atoms with Crippen molar-refractivity contribution in [3.05, 3.63) is 192 Å². The van der Waals surface area contributed by atoms with E-state index < -0.39 is 0 Å². The number of rotatable bonds is 4. The van der Waals surface area contributed by atoms with Gasteiger partial charge in [0.2, 0.25) is 0 Å². The third-order valence-corrected chi connectivity index (χ3v) is 16.4. The SMILES string of the molecule is CC1(C)c2ccccc2-c2cc3c4ccccc4n(-c4cccc(-c5cc6c(cc5-c5ccc(-n7c8ccccc8c8ccccc87)cc5)C(C)(C)C(C)(C)C6(C)C)c4)c3cc21. The van der Waals surface area contributed by atoms with E-state index in [2.05, 4.69) is 234 Å². The summed E-state index contributed by atoms with van der Waals surface area (Å²) in [5.74, 6) is 0. The summed E-state index contributed by atoms with van der Waals surface area (Å²) >= 11 is 0. The van der Waals surface area contributed by atoms with Crippen molar-refractivity contribution < 1.29 is 0 Å². The molecule has 12 rings (SSSR count). The molecule has 0 radical (unpaired) electrons. The molecule has 0 unspecified atom stereocenters. The fourth-order valence-electron chi connectivity index (χ4n) is 11.8. The van der Waals surface area contributed by atoms with Gasteiger partial charge in [-0.1, -0.05) is 159 Å². The molecule has 0 spiro atoms. The Morgan fingerprint density at radius 1 is 0.306 bits per heavy atom. The van der Waals surface area contributed by atoms with E-state index in [0.29, 0.717) is 0 Å². The predicted octanol–water partition coefficient (Wildman–Crippen LogP) is 16.1. The second-order valence-electron chi connectivity index (χ2n) is 20.2. The van der Waals surface area contributed by atoms with Gasteiger partial charge in [0.25, 0.3) is 0 Å². The number of benzene rings is 8. The molecule has 0 aliphatic heterocycles. The van der Waals surface area contributed by atoms with Crippen molar-refractivity contribution in [3.63, 3.8) is 0 Å². The largest absolute Gasteiger partial charge is 0.309 e. The molecule has 0 fully saturated rings. The predicted molar refractivity (Wildman–Crippen MR) is 263 cm³/mol. The Kier molecular flexibility index (Phi) is 7.48. The average Bonchev–Trinajstić information content (AvgIpc) is 3.90. The Hall–Kier alpha value is -6.64. The van der Waals surface area contributed by atoms with E-state index in [1.54, 1.807) is 0 Å². The molecule has 0 atom stereocenters. The van der Waals surface area contributed by atoms with Crippen molar-refractivity contribution in [3.8, 4) is 44.8 Å². The summed E-state index contributed by atoms with van der Waals surface area (Å²) in [6.45, 7) is 19.5. The first kappa shape index (κ1) is 37.1. The minimum absolute atomic E-state index is 0.0272. The fraction of sp³-hybridized carbons (Fsp3) is 0.200. The van der Waals surface area contributed by atoms with Gasteiger partial charge in [-0.25, -0.2) is 0 Å². The zero-order valence-corrected chi connectivity index (χ0v) is 37.1. The van der Waals surface area contributed by atoms with Crippen molar-refractivity contribution in [2.24, 2.45) is 5.41 Å². The molecular formula is C60H52N2. The van der Waals surface area contributed by atoms with E-state index in [9.17, 15) is 0 Å². The smallest absolute Gasteiger partial charge is 0.0544 e. The maximum atomic E-state index is 2.56. The van der Waals surface area contributed by atoms with Gasteiger partial charge in [0.05, 0.1) is 22.1 Å². The first-order valence-electron chi connectivity index (χ1n) is 22.4. The third-order valence-electron chi connectivity index (χ3n) is 16.4. The van der Waals surface area contributed by atoms with E-state index in [0.717, 1.165) is 0 Å². The van der Waals surface area contributed by atoms with Crippen LogP contribution in [0.25, 0.3) is 88.4 Å². The lowest BCUT2D eigenvalue weighted by atomic mass is 9.59. The summed E-state index contributed by atoms with van der Waals surface area (Å²) in [6.07, 6.45) is 0. The van der Waals surface area contributed by atoms with E-state index in [1.807, 2.05) is 0 Å². The van der Waals surface area contributed by atoms with Crippen molar-refractivity contribution in [2.75, 3.05) is 0 Å². The van der Waals surface area contributed by atoms with Crippen molar-refractivity contribution in [1.29, 1.82) is 0 Å². The standard InChI is InChI=1S/C60H52N2/c1-57(2)49-24-13-9-20-41(49)47-33-48-44-23-12-16-27-55(44)62(56(48)36-50(47)57)40-19-17-18-38(32-40)46-35-52-51(58(3,4)60(7,8)59(52,5)6)34-45(46)37-28-30-39(31-29-37)61-53-25-14-10-21-42(53)43-22-11-15-26-54(43)61/h9-36H,1-8H3. The number of hydrogen-bond acceptors (Lipinski definition) is 0. The second-order valence-corrected chi connectivity index (χ2v) is 20.2. The van der Waals surface area contributed by atoms with Crippen LogP contribution >= 0.6 is 0 Å². The average molecular weight is 801 g/mol. The summed E-state index contributed by atoms with van der Waals surface area (Å²) in [5.41, 5.74) is 20.6. The first-order chi connectivity index (χ1) is 29.8. The van der Waals surface area contributed by atoms with E-state index in [4.69, 9.17) is 0 Å². The Morgan fingerprint density at radius 2 is 0.823 bits per heavy atom. The van der Waals surface area contributed by atoms with Crippen LogP contribution in [0.2, 0.25) is 0 Å². The van der Waals surface area contributed by atoms with Crippen molar-refractivity contribution >= 4 is 43.6 Å². The molecule has 2 heteroatoms. The zero-order chi connectivity index (χ0) is 42.5. The molecule has 0 N–H and O–H groups in total. The number of para-hydroxylation sites is 3. The molecule has 10 aromatic rings. The zero-order valence-electron chi connectivity index (χ0n) is 37.1. The van der Waals surface area contributed by atoms with Crippen LogP contribution in [0.4, 0.5) is 0 Å². The molecule has 0 saturated carbocycles. The molecular weight excluding hydrogens is 749 g/mol. The highest BCUT2D eigenvalue weighted by atomic mass is 15.0. The lowest BCUT2D eigenvalue weighted by Crippen LogP contribution is -2.42. The highest BCUT2D eigenvalue weighted by molar-refractivity contribution is 6.12. The van der Waals surface area contributed by atoms with Crippen LogP contribution in [-0.2, 0) is 16.2 Å². The van der Waals surface area contributed by atoms with Gasteiger partial charge in [0, 0.05) is 38.3 Å². The molecule has 8 aromatic carbocycles. The topological polar surface area (TPSA) is 9.86 Å². The molecule has 2 aliphatic carbocycles. The molecule has 0 saturated heterocycles. The monoisotopic (exact) mass is 800 g/mol. The molecule has 0 amide bonds. The minimum atomic E-state index is -0.0893. The van der Waals surface area contributed by atoms with Crippen molar-refractivity contribution in [1.82, 2.24) is 9.13 Å². The van der Waals surface area contributed by atoms with Gasteiger partial charge in [-0.15, -0.1) is 0 Å². The molecule has 2 nitrogen and oxygen atoms in total. The van der Waals surface area contributed by atoms with Gasteiger partial charge in [0.1, 0.15) is 0 Å². The van der Waals surface area contributed by atoms with Gasteiger partial charge >= 0.3 is 0 Å². The van der Waals surface area contributed by atoms with Crippen LogP contribution in [0, 0.1) is 5.41 Å². The van der Waals surface area contributed by atoms with Gasteiger partial charge < -0.3 is 9.13 Å². The van der Waals surface area contributed by atoms with Crippen molar-refractivity contribution in [2.45, 2.75) is 71.6 Å². The van der Waals surface area contributed by atoms with Gasteiger partial charge in [-0.3, -0.25) is 0 Å². The van der Waals surface area contributed by atoms with Crippen LogP contribution in [0.1, 0.15) is 77.6 Å². The third kappa shape index (κ3) is 4.76. The molecule has 2 aromatic heterocycles. The summed E-state index contributed by atoms with van der Waals surface area (Å²) in [5, 5.41) is 5.14. The number of hydrogen-bond donors (Lipinski definition) is 0. The summed E-state index contributed by atoms with van der Waals surface area (Å²) in [7, 11) is 0. The van der Waals surface area contributed by atoms with Crippen LogP contribution in [0.3, 0.4) is 0 Å². The molecule has 302 valence electrons. The van der Waals surface area contributed by atoms with Gasteiger partial charge in [-0.2, -0.15) is 0 Å². The Balaban J connectivity index is 1.06. The summed E-state index contributed by atoms with van der Waals surface area (Å²) < 4.78 is 4.92. The van der Waals surface area contributed by atoms with Gasteiger partial charge in [0.15, 0.2) is 0 Å². The number of nitrogens with zero attached hydrogens (tertiary/aromatic N) is 2. The molecule has 62 heavy (non-hydrogen) atoms. The Bertz CT molecular complexity index is 3450. The van der Waals surface area contributed by atoms with Gasteiger partial charge in [-0.05, 0) is 139 Å². The number of aromatic nitrogens is 2. The Labute approximate surface area is 365 Å². The van der Waals surface area contributed by atoms with Crippen LogP contribution in [0.15, 0.2) is 170 Å².